The minimum atomic E-state index is -0.141. The third kappa shape index (κ3) is 3.44. The lowest BCUT2D eigenvalue weighted by Crippen LogP contribution is -2.33. The standard InChI is InChI=1S/C13H18FNOS/c14-12-5-1-2-6-13(12)17-9-8-15-7-3-4-11(15)10-16/h1-2,5-6,11,16H,3-4,7-10H2. The summed E-state index contributed by atoms with van der Waals surface area (Å²) in [6.07, 6.45) is 2.25. The molecule has 0 aliphatic carbocycles. The molecule has 4 heteroatoms. The van der Waals surface area contributed by atoms with Crippen LogP contribution in [0, 0.1) is 5.82 Å². The third-order valence-corrected chi connectivity index (χ3v) is 4.21. The van der Waals surface area contributed by atoms with Crippen LogP contribution in [0.4, 0.5) is 4.39 Å². The van der Waals surface area contributed by atoms with E-state index in [0.29, 0.717) is 10.9 Å². The lowest BCUT2D eigenvalue weighted by atomic mass is 10.2. The van der Waals surface area contributed by atoms with E-state index in [1.807, 2.05) is 12.1 Å². The van der Waals surface area contributed by atoms with E-state index in [1.165, 1.54) is 6.07 Å². The van der Waals surface area contributed by atoms with E-state index in [2.05, 4.69) is 4.90 Å². The number of aliphatic hydroxyl groups excluding tert-OH is 1. The van der Waals surface area contributed by atoms with Crippen LogP contribution in [0.5, 0.6) is 0 Å². The first-order valence-electron chi connectivity index (χ1n) is 6.03. The summed E-state index contributed by atoms with van der Waals surface area (Å²) >= 11 is 1.55. The van der Waals surface area contributed by atoms with Crippen LogP contribution in [0.3, 0.4) is 0 Å². The van der Waals surface area contributed by atoms with Crippen LogP contribution in [-0.2, 0) is 0 Å². The van der Waals surface area contributed by atoms with Gasteiger partial charge in [0.1, 0.15) is 5.82 Å². The lowest BCUT2D eigenvalue weighted by Gasteiger charge is -2.22. The maximum absolute atomic E-state index is 13.4. The fraction of sp³-hybridized carbons (Fsp3) is 0.538. The molecule has 1 saturated heterocycles. The first-order chi connectivity index (χ1) is 8.31. The molecular formula is C13H18FNOS. The van der Waals surface area contributed by atoms with E-state index in [-0.39, 0.29) is 12.4 Å². The Labute approximate surface area is 106 Å². The molecule has 0 radical (unpaired) electrons. The molecule has 1 aliphatic heterocycles. The van der Waals surface area contributed by atoms with Gasteiger partial charge in [0.2, 0.25) is 0 Å². The van der Waals surface area contributed by atoms with Crippen molar-refractivity contribution in [3.05, 3.63) is 30.1 Å². The molecule has 1 unspecified atom stereocenters. The number of likely N-dealkylation sites (tertiary alicyclic amines) is 1. The van der Waals surface area contributed by atoms with Gasteiger partial charge in [-0.15, -0.1) is 11.8 Å². The van der Waals surface area contributed by atoms with Crippen molar-refractivity contribution >= 4 is 11.8 Å². The highest BCUT2D eigenvalue weighted by Crippen LogP contribution is 2.23. The van der Waals surface area contributed by atoms with Crippen molar-refractivity contribution in [3.8, 4) is 0 Å². The molecule has 0 bridgehead atoms. The fourth-order valence-corrected chi connectivity index (χ4v) is 3.16. The first kappa shape index (κ1) is 12.9. The largest absolute Gasteiger partial charge is 0.395 e. The lowest BCUT2D eigenvalue weighted by molar-refractivity contribution is 0.165. The monoisotopic (exact) mass is 255 g/mol. The summed E-state index contributed by atoms with van der Waals surface area (Å²) in [5.74, 6) is 0.731. The van der Waals surface area contributed by atoms with Gasteiger partial charge < -0.3 is 5.11 Å². The summed E-state index contributed by atoms with van der Waals surface area (Å²) in [6, 6.07) is 7.19. The van der Waals surface area contributed by atoms with Gasteiger partial charge in [-0.3, -0.25) is 4.90 Å². The molecule has 17 heavy (non-hydrogen) atoms. The molecule has 1 aliphatic rings. The van der Waals surface area contributed by atoms with Crippen LogP contribution in [0.2, 0.25) is 0 Å². The van der Waals surface area contributed by atoms with E-state index >= 15 is 0 Å². The van der Waals surface area contributed by atoms with Crippen molar-refractivity contribution in [3.63, 3.8) is 0 Å². The first-order valence-corrected chi connectivity index (χ1v) is 7.02. The maximum Gasteiger partial charge on any atom is 0.136 e. The van der Waals surface area contributed by atoms with Crippen LogP contribution < -0.4 is 0 Å². The summed E-state index contributed by atoms with van der Waals surface area (Å²) < 4.78 is 13.4. The summed E-state index contributed by atoms with van der Waals surface area (Å²) in [5.41, 5.74) is 0. The van der Waals surface area contributed by atoms with Crippen LogP contribution >= 0.6 is 11.8 Å². The van der Waals surface area contributed by atoms with Gasteiger partial charge in [-0.25, -0.2) is 4.39 Å². The molecule has 94 valence electrons. The molecule has 0 amide bonds. The van der Waals surface area contributed by atoms with Gasteiger partial charge in [0.15, 0.2) is 0 Å². The average molecular weight is 255 g/mol. The Kier molecular flexibility index (Phi) is 4.83. The van der Waals surface area contributed by atoms with E-state index < -0.39 is 0 Å². The molecular weight excluding hydrogens is 237 g/mol. The minimum absolute atomic E-state index is 0.141. The topological polar surface area (TPSA) is 23.5 Å². The Balaban J connectivity index is 1.78. The summed E-state index contributed by atoms with van der Waals surface area (Å²) in [7, 11) is 0. The molecule has 1 fully saturated rings. The molecule has 0 spiro atoms. The number of benzene rings is 1. The predicted molar refractivity (Wildman–Crippen MR) is 68.8 cm³/mol. The number of thioether (sulfide) groups is 1. The summed E-state index contributed by atoms with van der Waals surface area (Å²) in [5, 5.41) is 9.19. The number of nitrogens with zero attached hydrogens (tertiary/aromatic N) is 1. The van der Waals surface area contributed by atoms with Gasteiger partial charge >= 0.3 is 0 Å². The maximum atomic E-state index is 13.4. The third-order valence-electron chi connectivity index (χ3n) is 3.18. The second-order valence-electron chi connectivity index (χ2n) is 4.29. The number of halogens is 1. The average Bonchev–Trinajstić information content (AvgIpc) is 2.79. The quantitative estimate of drug-likeness (QED) is 0.817. The van der Waals surface area contributed by atoms with Crippen molar-refractivity contribution in [2.45, 2.75) is 23.8 Å². The van der Waals surface area contributed by atoms with E-state index in [0.717, 1.165) is 31.7 Å². The Morgan fingerprint density at radius 3 is 3.00 bits per heavy atom. The molecule has 0 saturated carbocycles. The summed E-state index contributed by atoms with van der Waals surface area (Å²) in [4.78, 5) is 3.01. The highest BCUT2D eigenvalue weighted by Gasteiger charge is 2.22. The Bertz CT molecular complexity index is 361. The SMILES string of the molecule is OCC1CCCN1CCSc1ccccc1F. The Morgan fingerprint density at radius 1 is 1.41 bits per heavy atom. The van der Waals surface area contributed by atoms with E-state index in [4.69, 9.17) is 0 Å². The van der Waals surface area contributed by atoms with Gasteiger partial charge in [-0.05, 0) is 31.5 Å². The highest BCUT2D eigenvalue weighted by molar-refractivity contribution is 7.99. The van der Waals surface area contributed by atoms with Gasteiger partial charge in [0, 0.05) is 23.2 Å². The van der Waals surface area contributed by atoms with Gasteiger partial charge in [-0.1, -0.05) is 12.1 Å². The molecule has 1 aromatic rings. The van der Waals surface area contributed by atoms with Crippen molar-refractivity contribution in [1.82, 2.24) is 4.90 Å². The number of rotatable bonds is 5. The second kappa shape index (κ2) is 6.38. The smallest absolute Gasteiger partial charge is 0.136 e. The zero-order valence-electron chi connectivity index (χ0n) is 9.81. The zero-order valence-corrected chi connectivity index (χ0v) is 10.6. The van der Waals surface area contributed by atoms with Crippen molar-refractivity contribution in [2.24, 2.45) is 0 Å². The molecule has 2 nitrogen and oxygen atoms in total. The molecule has 1 atom stereocenters. The van der Waals surface area contributed by atoms with Gasteiger partial charge in [-0.2, -0.15) is 0 Å². The Morgan fingerprint density at radius 2 is 2.24 bits per heavy atom. The van der Waals surface area contributed by atoms with Gasteiger partial charge in [0.25, 0.3) is 0 Å². The van der Waals surface area contributed by atoms with Crippen molar-refractivity contribution in [2.75, 3.05) is 25.4 Å². The Hall–Kier alpha value is -0.580. The second-order valence-corrected chi connectivity index (χ2v) is 5.43. The van der Waals surface area contributed by atoms with E-state index in [1.54, 1.807) is 17.8 Å². The highest BCUT2D eigenvalue weighted by atomic mass is 32.2. The van der Waals surface area contributed by atoms with E-state index in [9.17, 15) is 9.50 Å². The van der Waals surface area contributed by atoms with Crippen LogP contribution in [0.15, 0.2) is 29.2 Å². The van der Waals surface area contributed by atoms with Crippen LogP contribution in [0.1, 0.15) is 12.8 Å². The van der Waals surface area contributed by atoms with Crippen molar-refractivity contribution < 1.29 is 9.50 Å². The molecule has 1 aromatic carbocycles. The zero-order chi connectivity index (χ0) is 12.1. The normalized spacial score (nSPS) is 20.9. The van der Waals surface area contributed by atoms with Gasteiger partial charge in [0.05, 0.1) is 6.61 Å². The van der Waals surface area contributed by atoms with Crippen LogP contribution in [0.25, 0.3) is 0 Å². The fourth-order valence-electron chi connectivity index (χ4n) is 2.23. The number of hydrogen-bond donors (Lipinski definition) is 1. The predicted octanol–water partition coefficient (Wildman–Crippen LogP) is 2.37. The number of hydrogen-bond acceptors (Lipinski definition) is 3. The summed E-state index contributed by atoms with van der Waals surface area (Å²) in [6.45, 7) is 2.22. The molecule has 2 rings (SSSR count). The van der Waals surface area contributed by atoms with Crippen molar-refractivity contribution in [1.29, 1.82) is 0 Å². The molecule has 1 heterocycles. The minimum Gasteiger partial charge on any atom is -0.395 e. The molecule has 1 N–H and O–H groups in total. The molecule has 0 aromatic heterocycles. The van der Waals surface area contributed by atoms with Crippen LogP contribution in [-0.4, -0.2) is 41.5 Å². The number of aliphatic hydroxyl groups is 1.